The summed E-state index contributed by atoms with van der Waals surface area (Å²) in [7, 11) is 3.74. The van der Waals surface area contributed by atoms with Crippen molar-refractivity contribution in [1.82, 2.24) is 9.80 Å². The highest BCUT2D eigenvalue weighted by molar-refractivity contribution is 6.16. The second-order valence-corrected chi connectivity index (χ2v) is 12.3. The summed E-state index contributed by atoms with van der Waals surface area (Å²) in [4.78, 5) is 43.8. The lowest BCUT2D eigenvalue weighted by Gasteiger charge is -2.48. The van der Waals surface area contributed by atoms with Gasteiger partial charge in [-0.25, -0.2) is 0 Å². The maximum Gasteiger partial charge on any atom is 0.230 e. The van der Waals surface area contributed by atoms with Gasteiger partial charge in [0.25, 0.3) is 0 Å². The molecule has 1 heterocycles. The molecule has 228 valence electrons. The van der Waals surface area contributed by atoms with Crippen molar-refractivity contribution in [3.63, 3.8) is 0 Å². The number of aliphatic hydroxyl groups is 3. The Labute approximate surface area is 249 Å². The molecule has 11 heteroatoms. The number of rotatable bonds is 5. The summed E-state index contributed by atoms with van der Waals surface area (Å²) >= 11 is 0. The van der Waals surface area contributed by atoms with Crippen LogP contribution in [0.1, 0.15) is 34.3 Å². The van der Waals surface area contributed by atoms with Crippen LogP contribution in [-0.4, -0.2) is 99.7 Å². The number of phenols is 1. The van der Waals surface area contributed by atoms with Crippen LogP contribution in [0.4, 0.5) is 0 Å². The molecule has 3 aliphatic carbocycles. The predicted molar refractivity (Wildman–Crippen MR) is 155 cm³/mol. The monoisotopic (exact) mass is 591 g/mol. The number of benzene rings is 2. The molecule has 6 rings (SSSR count). The van der Waals surface area contributed by atoms with E-state index in [1.807, 2.05) is 18.2 Å². The van der Waals surface area contributed by atoms with Crippen LogP contribution in [-0.2, 0) is 22.6 Å². The summed E-state index contributed by atoms with van der Waals surface area (Å²) < 4.78 is 5.66. The van der Waals surface area contributed by atoms with Crippen LogP contribution in [0.5, 0.6) is 11.5 Å². The maximum absolute atomic E-state index is 14.0. The van der Waals surface area contributed by atoms with Crippen LogP contribution < -0.4 is 10.5 Å². The zero-order chi connectivity index (χ0) is 30.8. The van der Waals surface area contributed by atoms with Crippen molar-refractivity contribution in [3.05, 3.63) is 58.4 Å². The molecule has 0 bridgehead atoms. The van der Waals surface area contributed by atoms with Crippen molar-refractivity contribution in [2.75, 3.05) is 40.3 Å². The minimum atomic E-state index is -2.53. The highest BCUT2D eigenvalue weighted by Gasteiger charge is 2.62. The number of carbonyl (C=O) groups excluding carboxylic acids is 3. The van der Waals surface area contributed by atoms with Crippen molar-refractivity contribution in [3.8, 4) is 22.6 Å². The van der Waals surface area contributed by atoms with E-state index in [1.165, 1.54) is 6.07 Å². The van der Waals surface area contributed by atoms with Crippen molar-refractivity contribution in [1.29, 1.82) is 0 Å². The van der Waals surface area contributed by atoms with E-state index in [0.29, 0.717) is 12.1 Å². The second-order valence-electron chi connectivity index (χ2n) is 12.3. The number of fused-ring (bicyclic) bond motifs is 3. The van der Waals surface area contributed by atoms with Crippen LogP contribution >= 0.6 is 0 Å². The largest absolute Gasteiger partial charge is 0.508 e. The number of Topliss-reactive ketones (excluding diaryl/α,β-unsaturated/α-hetero) is 2. The average Bonchev–Trinajstić information content (AvgIpc) is 2.96. The quantitative estimate of drug-likeness (QED) is 0.318. The molecule has 2 aromatic rings. The number of primary amides is 1. The van der Waals surface area contributed by atoms with Gasteiger partial charge in [0.1, 0.15) is 23.2 Å². The molecule has 1 saturated carbocycles. The molecule has 4 aliphatic rings. The van der Waals surface area contributed by atoms with Crippen LogP contribution in [0.3, 0.4) is 0 Å². The third-order valence-electron chi connectivity index (χ3n) is 9.85. The Morgan fingerprint density at radius 1 is 1.09 bits per heavy atom. The normalized spacial score (nSPS) is 29.6. The van der Waals surface area contributed by atoms with Gasteiger partial charge in [-0.3, -0.25) is 19.3 Å². The zero-order valence-corrected chi connectivity index (χ0v) is 24.2. The first-order chi connectivity index (χ1) is 20.4. The van der Waals surface area contributed by atoms with Crippen molar-refractivity contribution >= 4 is 17.5 Å². The fourth-order valence-corrected chi connectivity index (χ4v) is 7.51. The number of ether oxygens (including phenoxy) is 1. The third-order valence-corrected chi connectivity index (χ3v) is 9.85. The molecular formula is C32H37N3O8. The van der Waals surface area contributed by atoms with Gasteiger partial charge in [0, 0.05) is 49.8 Å². The lowest BCUT2D eigenvalue weighted by molar-refractivity contribution is -0.167. The van der Waals surface area contributed by atoms with Crippen molar-refractivity contribution < 1.29 is 39.5 Å². The molecule has 6 N–H and O–H groups in total. The molecule has 0 radical (unpaired) electrons. The fraction of sp³-hybridized carbons (Fsp3) is 0.469. The van der Waals surface area contributed by atoms with Crippen LogP contribution in [0.25, 0.3) is 11.1 Å². The highest BCUT2D eigenvalue weighted by atomic mass is 16.5. The molecule has 0 aromatic heterocycles. The standard InChI is InChI=1S/C32H37N3O8/c1-34-7-9-35(10-8-34)15-18-11-16(3-6-24(18)43-2)20-4-5-22(36)26-21(20)13-17-12-19-14-23(37)27(31(33)41)30(40)32(19,42)29(39)25(17)28(26)38/h3-6,11,17,19,23,27,36-37,39,42H,7-10,12-15H2,1-2H3,(H2,33,41)/t17-,19+,23?,27?,32+/m1/s1. The second kappa shape index (κ2) is 10.7. The fourth-order valence-electron chi connectivity index (χ4n) is 7.51. The van der Waals surface area contributed by atoms with Gasteiger partial charge in [-0.05, 0) is 67.1 Å². The van der Waals surface area contributed by atoms with Crippen LogP contribution in [0, 0.1) is 17.8 Å². The molecule has 1 aliphatic heterocycles. The van der Waals surface area contributed by atoms with Gasteiger partial charge in [0.15, 0.2) is 17.2 Å². The van der Waals surface area contributed by atoms with Gasteiger partial charge in [-0.2, -0.15) is 0 Å². The van der Waals surface area contributed by atoms with E-state index in [1.54, 1.807) is 13.2 Å². The van der Waals surface area contributed by atoms with E-state index in [-0.39, 0.29) is 36.1 Å². The molecule has 11 nitrogen and oxygen atoms in total. The number of aliphatic hydroxyl groups excluding tert-OH is 2. The number of aromatic hydroxyl groups is 1. The lowest BCUT2D eigenvalue weighted by atomic mass is 9.57. The molecule has 2 aromatic carbocycles. The minimum absolute atomic E-state index is 0.00327. The van der Waals surface area contributed by atoms with Crippen LogP contribution in [0.15, 0.2) is 41.7 Å². The Kier molecular flexibility index (Phi) is 7.32. The van der Waals surface area contributed by atoms with E-state index in [9.17, 15) is 34.8 Å². The Balaban J connectivity index is 1.41. The van der Waals surface area contributed by atoms with E-state index in [2.05, 4.69) is 16.8 Å². The molecular weight excluding hydrogens is 554 g/mol. The molecule has 1 amide bonds. The first kappa shape index (κ1) is 29.3. The number of amides is 1. The highest BCUT2D eigenvalue weighted by Crippen LogP contribution is 2.52. The number of likely N-dealkylation sites (N-methyl/N-ethyl adjacent to an activating group) is 1. The minimum Gasteiger partial charge on any atom is -0.508 e. The Morgan fingerprint density at radius 2 is 1.81 bits per heavy atom. The molecule has 1 saturated heterocycles. The van der Waals surface area contributed by atoms with Gasteiger partial charge >= 0.3 is 0 Å². The first-order valence-electron chi connectivity index (χ1n) is 14.6. The molecule has 0 spiro atoms. The number of methoxy groups -OCH3 is 1. The number of nitrogens with two attached hydrogens (primary N) is 1. The summed E-state index contributed by atoms with van der Waals surface area (Å²) in [5, 5.41) is 44.2. The lowest BCUT2D eigenvalue weighted by Crippen LogP contribution is -2.63. The summed E-state index contributed by atoms with van der Waals surface area (Å²) in [6, 6.07) is 9.04. The summed E-state index contributed by atoms with van der Waals surface area (Å²) in [5.74, 6) is -6.47. The number of nitrogens with zero attached hydrogens (tertiary/aromatic N) is 2. The number of phenolic OH excluding ortho intramolecular Hbond substituents is 1. The van der Waals surface area contributed by atoms with E-state index >= 15 is 0 Å². The zero-order valence-electron chi connectivity index (χ0n) is 24.2. The molecule has 2 fully saturated rings. The van der Waals surface area contributed by atoms with Crippen molar-refractivity contribution in [2.45, 2.75) is 37.5 Å². The predicted octanol–water partition coefficient (Wildman–Crippen LogP) is 1.17. The number of allylic oxidation sites excluding steroid dienone is 1. The molecule has 2 unspecified atom stereocenters. The van der Waals surface area contributed by atoms with E-state index in [4.69, 9.17) is 10.5 Å². The topological polar surface area (TPSA) is 174 Å². The third kappa shape index (κ3) is 4.62. The number of carbonyl (C=O) groups is 3. The van der Waals surface area contributed by atoms with Gasteiger partial charge in [0.2, 0.25) is 5.91 Å². The summed E-state index contributed by atoms with van der Waals surface area (Å²) in [6.07, 6.45) is -1.19. The summed E-state index contributed by atoms with van der Waals surface area (Å²) in [5.41, 5.74) is 5.83. The van der Waals surface area contributed by atoms with Gasteiger partial charge < -0.3 is 35.8 Å². The SMILES string of the molecule is COc1ccc(-c2ccc(O)c3c2C[C@H]2C[C@H]4CC(O)C(C(N)=O)C(=O)[C@@]4(O)C(O)=C2C3=O)cc1CN1CCN(C)CC1. The Hall–Kier alpha value is -3.77. The van der Waals surface area contributed by atoms with Crippen LogP contribution in [0.2, 0.25) is 0 Å². The van der Waals surface area contributed by atoms with Gasteiger partial charge in [-0.15, -0.1) is 0 Å². The average molecular weight is 592 g/mol. The molecule has 5 atom stereocenters. The van der Waals surface area contributed by atoms with Gasteiger partial charge in [-0.1, -0.05) is 12.1 Å². The number of hydrogen-bond acceptors (Lipinski definition) is 10. The first-order valence-corrected chi connectivity index (χ1v) is 14.6. The number of piperazine rings is 1. The Bertz CT molecular complexity index is 1550. The number of ketones is 2. The molecule has 43 heavy (non-hydrogen) atoms. The maximum atomic E-state index is 14.0. The number of hydrogen-bond donors (Lipinski definition) is 5. The smallest absolute Gasteiger partial charge is 0.230 e. The van der Waals surface area contributed by atoms with E-state index < -0.39 is 52.7 Å². The van der Waals surface area contributed by atoms with Crippen molar-refractivity contribution in [2.24, 2.45) is 23.5 Å². The van der Waals surface area contributed by atoms with E-state index in [0.717, 1.165) is 48.6 Å². The van der Waals surface area contributed by atoms with Gasteiger partial charge in [0.05, 0.1) is 18.8 Å². The Morgan fingerprint density at radius 3 is 2.49 bits per heavy atom. The summed E-state index contributed by atoms with van der Waals surface area (Å²) in [6.45, 7) is 4.50.